The van der Waals surface area contributed by atoms with Gasteiger partial charge in [-0.3, -0.25) is 14.9 Å². The van der Waals surface area contributed by atoms with Crippen molar-refractivity contribution in [2.45, 2.75) is 10.9 Å². The van der Waals surface area contributed by atoms with Crippen LogP contribution in [0.4, 0.5) is 5.69 Å². The average Bonchev–Trinajstić information content (AvgIpc) is 2.67. The zero-order chi connectivity index (χ0) is 19.8. The Morgan fingerprint density at radius 3 is 2.48 bits per heavy atom. The number of nitro groups is 1. The number of nitrogens with one attached hydrogen (secondary N) is 1. The van der Waals surface area contributed by atoms with Crippen LogP contribution in [0.1, 0.15) is 11.6 Å². The van der Waals surface area contributed by atoms with Crippen molar-refractivity contribution < 1.29 is 14.5 Å². The first-order valence-corrected chi connectivity index (χ1v) is 9.34. The van der Waals surface area contributed by atoms with Gasteiger partial charge in [-0.25, -0.2) is 0 Å². The zero-order valence-corrected chi connectivity index (χ0v) is 16.4. The molecule has 0 fully saturated rings. The van der Waals surface area contributed by atoms with E-state index < -0.39 is 4.92 Å². The minimum absolute atomic E-state index is 0.0190. The molecule has 0 saturated heterocycles. The molecule has 0 aliphatic carbocycles. The van der Waals surface area contributed by atoms with Gasteiger partial charge in [0.15, 0.2) is 0 Å². The Kier molecular flexibility index (Phi) is 7.63. The van der Waals surface area contributed by atoms with Gasteiger partial charge < -0.3 is 15.0 Å². The molecule has 1 atom stereocenters. The van der Waals surface area contributed by atoms with Crippen molar-refractivity contribution >= 4 is 23.4 Å². The number of ether oxygens (including phenoxy) is 1. The van der Waals surface area contributed by atoms with E-state index in [0.29, 0.717) is 6.54 Å². The molecule has 1 unspecified atom stereocenters. The number of para-hydroxylation sites is 1. The number of carbonyl (C=O) groups is 1. The highest BCUT2D eigenvalue weighted by Gasteiger charge is 2.19. The van der Waals surface area contributed by atoms with Crippen LogP contribution in [-0.2, 0) is 4.79 Å². The molecule has 0 aliphatic rings. The molecule has 0 bridgehead atoms. The molecular formula is C19H23N3O4S. The molecule has 1 amide bonds. The maximum atomic E-state index is 12.2. The number of hydrogen-bond acceptors (Lipinski definition) is 6. The number of rotatable bonds is 9. The van der Waals surface area contributed by atoms with E-state index in [2.05, 4.69) is 5.32 Å². The van der Waals surface area contributed by atoms with Crippen molar-refractivity contribution in [3.05, 3.63) is 64.2 Å². The minimum Gasteiger partial charge on any atom is -0.496 e. The molecule has 8 heteroatoms. The molecule has 27 heavy (non-hydrogen) atoms. The molecule has 0 spiro atoms. The van der Waals surface area contributed by atoms with Gasteiger partial charge in [0.2, 0.25) is 5.91 Å². The Morgan fingerprint density at radius 1 is 1.22 bits per heavy atom. The van der Waals surface area contributed by atoms with Crippen LogP contribution < -0.4 is 10.1 Å². The Bertz CT molecular complexity index is 781. The van der Waals surface area contributed by atoms with Crippen molar-refractivity contribution in [1.29, 1.82) is 0 Å². The lowest BCUT2D eigenvalue weighted by molar-refractivity contribution is -0.384. The van der Waals surface area contributed by atoms with E-state index in [-0.39, 0.29) is 23.4 Å². The summed E-state index contributed by atoms with van der Waals surface area (Å²) < 4.78 is 5.42. The maximum absolute atomic E-state index is 12.2. The van der Waals surface area contributed by atoms with Crippen molar-refractivity contribution in [1.82, 2.24) is 10.2 Å². The highest BCUT2D eigenvalue weighted by atomic mass is 32.2. The van der Waals surface area contributed by atoms with Gasteiger partial charge in [0.05, 0.1) is 23.8 Å². The first kappa shape index (κ1) is 20.7. The van der Waals surface area contributed by atoms with E-state index in [1.54, 1.807) is 19.2 Å². The summed E-state index contributed by atoms with van der Waals surface area (Å²) >= 11 is 1.34. The van der Waals surface area contributed by atoms with Crippen molar-refractivity contribution in [3.8, 4) is 5.75 Å². The van der Waals surface area contributed by atoms with Gasteiger partial charge >= 0.3 is 0 Å². The topological polar surface area (TPSA) is 84.7 Å². The largest absolute Gasteiger partial charge is 0.496 e. The second-order valence-corrected chi connectivity index (χ2v) is 7.11. The molecule has 7 nitrogen and oxygen atoms in total. The van der Waals surface area contributed by atoms with Crippen LogP contribution in [0.5, 0.6) is 5.75 Å². The van der Waals surface area contributed by atoms with Crippen LogP contribution in [0.25, 0.3) is 0 Å². The van der Waals surface area contributed by atoms with Gasteiger partial charge in [-0.2, -0.15) is 0 Å². The third kappa shape index (κ3) is 5.97. The number of methoxy groups -OCH3 is 1. The molecule has 0 heterocycles. The quantitative estimate of drug-likeness (QED) is 0.403. The molecule has 144 valence electrons. The molecular weight excluding hydrogens is 366 g/mol. The molecule has 0 saturated carbocycles. The van der Waals surface area contributed by atoms with Gasteiger partial charge in [-0.1, -0.05) is 18.2 Å². The number of carbonyl (C=O) groups excluding carboxylic acids is 1. The Morgan fingerprint density at radius 2 is 1.89 bits per heavy atom. The average molecular weight is 389 g/mol. The summed E-state index contributed by atoms with van der Waals surface area (Å²) in [6.45, 7) is 0.451. The molecule has 2 aromatic rings. The number of thioether (sulfide) groups is 1. The Hall–Kier alpha value is -2.58. The van der Waals surface area contributed by atoms with Crippen LogP contribution in [0.3, 0.4) is 0 Å². The van der Waals surface area contributed by atoms with Gasteiger partial charge in [-0.05, 0) is 32.3 Å². The molecule has 2 rings (SSSR count). The fraction of sp³-hybridized carbons (Fsp3) is 0.316. The molecule has 1 N–H and O–H groups in total. The number of nitrogens with zero attached hydrogens (tertiary/aromatic N) is 2. The number of non-ortho nitro benzene ring substituents is 1. The SMILES string of the molecule is COc1ccccc1C(CNC(=O)CSc1ccc([N+](=O)[O-])cc1)N(C)C. The van der Waals surface area contributed by atoms with E-state index >= 15 is 0 Å². The third-order valence-electron chi connectivity index (χ3n) is 4.03. The van der Waals surface area contributed by atoms with Gasteiger partial charge in [0.25, 0.3) is 5.69 Å². The van der Waals surface area contributed by atoms with E-state index in [1.165, 1.54) is 23.9 Å². The first-order chi connectivity index (χ1) is 12.9. The zero-order valence-electron chi connectivity index (χ0n) is 15.5. The predicted molar refractivity (Wildman–Crippen MR) is 106 cm³/mol. The Labute approximate surface area is 162 Å². The third-order valence-corrected chi connectivity index (χ3v) is 5.04. The minimum atomic E-state index is -0.444. The van der Waals surface area contributed by atoms with Gasteiger partial charge in [0.1, 0.15) is 5.75 Å². The number of hydrogen-bond donors (Lipinski definition) is 1. The smallest absolute Gasteiger partial charge is 0.269 e. The van der Waals surface area contributed by atoms with E-state index in [4.69, 9.17) is 4.74 Å². The summed E-state index contributed by atoms with van der Waals surface area (Å²) in [4.78, 5) is 25.3. The fourth-order valence-corrected chi connectivity index (χ4v) is 3.32. The van der Waals surface area contributed by atoms with Crippen LogP contribution in [-0.4, -0.2) is 49.2 Å². The highest BCUT2D eigenvalue weighted by molar-refractivity contribution is 8.00. The number of amides is 1. The highest BCUT2D eigenvalue weighted by Crippen LogP contribution is 2.27. The second kappa shape index (κ2) is 9.94. The van der Waals surface area contributed by atoms with Crippen molar-refractivity contribution in [2.24, 2.45) is 0 Å². The summed E-state index contributed by atoms with van der Waals surface area (Å²) in [5.41, 5.74) is 1.04. The molecule has 0 aliphatic heterocycles. The first-order valence-electron chi connectivity index (χ1n) is 8.35. The summed E-state index contributed by atoms with van der Waals surface area (Å²) in [5, 5.41) is 13.6. The molecule has 0 radical (unpaired) electrons. The Balaban J connectivity index is 1.91. The summed E-state index contributed by atoms with van der Waals surface area (Å²) in [6.07, 6.45) is 0. The lowest BCUT2D eigenvalue weighted by Gasteiger charge is -2.26. The van der Waals surface area contributed by atoms with Crippen LogP contribution in [0.15, 0.2) is 53.4 Å². The van der Waals surface area contributed by atoms with Gasteiger partial charge in [-0.15, -0.1) is 11.8 Å². The van der Waals surface area contributed by atoms with Gasteiger partial charge in [0, 0.05) is 29.1 Å². The van der Waals surface area contributed by atoms with Crippen molar-refractivity contribution in [2.75, 3.05) is 33.5 Å². The summed E-state index contributed by atoms with van der Waals surface area (Å²) in [5.74, 6) is 0.926. The maximum Gasteiger partial charge on any atom is 0.269 e. The normalized spacial score (nSPS) is 11.9. The van der Waals surface area contributed by atoms with E-state index in [9.17, 15) is 14.9 Å². The van der Waals surface area contributed by atoms with E-state index in [0.717, 1.165) is 16.2 Å². The standard InChI is InChI=1S/C19H23N3O4S/c1-21(2)17(16-6-4-5-7-18(16)26-3)12-20-19(23)13-27-15-10-8-14(9-11-15)22(24)25/h4-11,17H,12-13H2,1-3H3,(H,20,23). The summed E-state index contributed by atoms with van der Waals surface area (Å²) in [7, 11) is 5.54. The predicted octanol–water partition coefficient (Wildman–Crippen LogP) is 3.11. The number of nitro benzene ring substituents is 1. The molecule has 2 aromatic carbocycles. The lowest BCUT2D eigenvalue weighted by atomic mass is 10.0. The van der Waals surface area contributed by atoms with Crippen LogP contribution in [0, 0.1) is 10.1 Å². The summed E-state index contributed by atoms with van der Waals surface area (Å²) in [6, 6.07) is 13.9. The van der Waals surface area contributed by atoms with Crippen LogP contribution >= 0.6 is 11.8 Å². The lowest BCUT2D eigenvalue weighted by Crippen LogP contribution is -2.35. The monoisotopic (exact) mass is 389 g/mol. The fourth-order valence-electron chi connectivity index (χ4n) is 2.59. The number of benzene rings is 2. The number of likely N-dealkylation sites (N-methyl/N-ethyl adjacent to an activating group) is 1. The van der Waals surface area contributed by atoms with Crippen LogP contribution in [0.2, 0.25) is 0 Å². The second-order valence-electron chi connectivity index (χ2n) is 6.07. The molecule has 0 aromatic heterocycles. The van der Waals surface area contributed by atoms with E-state index in [1.807, 2.05) is 43.3 Å². The van der Waals surface area contributed by atoms with Crippen molar-refractivity contribution in [3.63, 3.8) is 0 Å².